The molecule has 0 unspecified atom stereocenters. The van der Waals surface area contributed by atoms with Crippen LogP contribution in [0.15, 0.2) is 17.5 Å². The molecule has 1 aromatic rings. The number of rotatable bonds is 4. The summed E-state index contributed by atoms with van der Waals surface area (Å²) in [5.41, 5.74) is 0. The Bertz CT molecular complexity index is 474. The van der Waals surface area contributed by atoms with Crippen LogP contribution in [0.2, 0.25) is 0 Å². The highest BCUT2D eigenvalue weighted by atomic mass is 32.1. The fourth-order valence-corrected chi connectivity index (χ4v) is 3.95. The molecule has 2 aliphatic heterocycles. The molecule has 3 atom stereocenters. The molecule has 1 N–H and O–H groups in total. The summed E-state index contributed by atoms with van der Waals surface area (Å²) in [5.74, 6) is 0. The SMILES string of the molecule is CC[C@H](NC(=O)N1CCO[C@H]([C@@H]2CCCO2)C1)c1cccs1. The summed E-state index contributed by atoms with van der Waals surface area (Å²) in [4.78, 5) is 15.6. The van der Waals surface area contributed by atoms with E-state index in [0.29, 0.717) is 19.7 Å². The molecule has 1 aromatic heterocycles. The molecule has 6 heteroatoms. The van der Waals surface area contributed by atoms with Crippen LogP contribution in [0.5, 0.6) is 0 Å². The molecule has 0 aromatic carbocycles. The minimum atomic E-state index is 0.00606. The molecular weight excluding hydrogens is 300 g/mol. The largest absolute Gasteiger partial charge is 0.375 e. The van der Waals surface area contributed by atoms with Gasteiger partial charge in [0.05, 0.1) is 25.3 Å². The van der Waals surface area contributed by atoms with Gasteiger partial charge in [-0.1, -0.05) is 13.0 Å². The first-order valence-electron chi connectivity index (χ1n) is 8.10. The number of carbonyl (C=O) groups is 1. The molecule has 5 nitrogen and oxygen atoms in total. The Morgan fingerprint density at radius 1 is 1.45 bits per heavy atom. The van der Waals surface area contributed by atoms with E-state index in [2.05, 4.69) is 18.3 Å². The van der Waals surface area contributed by atoms with Gasteiger partial charge in [0.15, 0.2) is 0 Å². The summed E-state index contributed by atoms with van der Waals surface area (Å²) in [6.07, 6.45) is 3.18. The smallest absolute Gasteiger partial charge is 0.318 e. The van der Waals surface area contributed by atoms with E-state index in [4.69, 9.17) is 9.47 Å². The van der Waals surface area contributed by atoms with Crippen molar-refractivity contribution >= 4 is 17.4 Å². The number of amides is 2. The lowest BCUT2D eigenvalue weighted by Gasteiger charge is -2.36. The van der Waals surface area contributed by atoms with Gasteiger partial charge >= 0.3 is 6.03 Å². The maximum absolute atomic E-state index is 12.5. The summed E-state index contributed by atoms with van der Waals surface area (Å²) >= 11 is 1.69. The van der Waals surface area contributed by atoms with E-state index >= 15 is 0 Å². The number of thiophene rings is 1. The molecule has 2 amide bonds. The first kappa shape index (κ1) is 15.8. The van der Waals surface area contributed by atoms with Crippen LogP contribution in [0.1, 0.15) is 37.1 Å². The first-order valence-corrected chi connectivity index (χ1v) is 8.98. The van der Waals surface area contributed by atoms with Crippen LogP contribution in [0.25, 0.3) is 0 Å². The van der Waals surface area contributed by atoms with Crippen LogP contribution in [0.3, 0.4) is 0 Å². The highest BCUT2D eigenvalue weighted by Gasteiger charge is 2.33. The molecule has 22 heavy (non-hydrogen) atoms. The van der Waals surface area contributed by atoms with E-state index in [9.17, 15) is 4.79 Å². The minimum Gasteiger partial charge on any atom is -0.375 e. The van der Waals surface area contributed by atoms with Crippen LogP contribution >= 0.6 is 11.3 Å². The molecule has 2 aliphatic rings. The summed E-state index contributed by atoms with van der Waals surface area (Å²) in [6, 6.07) is 4.20. The first-order chi connectivity index (χ1) is 10.8. The van der Waals surface area contributed by atoms with Gasteiger partial charge in [-0.25, -0.2) is 4.79 Å². The molecule has 3 heterocycles. The van der Waals surface area contributed by atoms with Crippen molar-refractivity contribution in [3.8, 4) is 0 Å². The number of nitrogens with zero attached hydrogens (tertiary/aromatic N) is 1. The molecule has 0 saturated carbocycles. The summed E-state index contributed by atoms with van der Waals surface area (Å²) in [5, 5.41) is 5.20. The topological polar surface area (TPSA) is 50.8 Å². The molecule has 0 radical (unpaired) electrons. The molecule has 2 fully saturated rings. The predicted molar refractivity (Wildman–Crippen MR) is 86.2 cm³/mol. The van der Waals surface area contributed by atoms with E-state index in [0.717, 1.165) is 25.9 Å². The quantitative estimate of drug-likeness (QED) is 0.926. The molecule has 0 spiro atoms. The van der Waals surface area contributed by atoms with Gasteiger partial charge in [-0.05, 0) is 30.7 Å². The van der Waals surface area contributed by atoms with E-state index < -0.39 is 0 Å². The highest BCUT2D eigenvalue weighted by molar-refractivity contribution is 7.10. The van der Waals surface area contributed by atoms with Crippen molar-refractivity contribution in [3.05, 3.63) is 22.4 Å². The maximum atomic E-state index is 12.5. The third-order valence-electron chi connectivity index (χ3n) is 4.35. The van der Waals surface area contributed by atoms with Gasteiger partial charge in [0.1, 0.15) is 6.10 Å². The van der Waals surface area contributed by atoms with Gasteiger partial charge in [0, 0.05) is 18.0 Å². The second-order valence-electron chi connectivity index (χ2n) is 5.83. The fraction of sp³-hybridized carbons (Fsp3) is 0.688. The predicted octanol–water partition coefficient (Wildman–Crippen LogP) is 2.79. The van der Waals surface area contributed by atoms with Crippen LogP contribution in [0, 0.1) is 0 Å². The highest BCUT2D eigenvalue weighted by Crippen LogP contribution is 2.23. The molecular formula is C16H24N2O3S. The van der Waals surface area contributed by atoms with Crippen LogP contribution in [0.4, 0.5) is 4.79 Å². The zero-order valence-corrected chi connectivity index (χ0v) is 13.8. The molecule has 122 valence electrons. The zero-order chi connectivity index (χ0) is 15.4. The summed E-state index contributed by atoms with van der Waals surface area (Å²) in [6.45, 7) is 4.77. The van der Waals surface area contributed by atoms with Gasteiger partial charge in [0.25, 0.3) is 0 Å². The fourth-order valence-electron chi connectivity index (χ4n) is 3.08. The molecule has 2 saturated heterocycles. The second-order valence-corrected chi connectivity index (χ2v) is 6.81. The van der Waals surface area contributed by atoms with E-state index in [1.54, 1.807) is 11.3 Å². The van der Waals surface area contributed by atoms with Gasteiger partial charge in [0.2, 0.25) is 0 Å². The lowest BCUT2D eigenvalue weighted by atomic mass is 10.1. The summed E-state index contributed by atoms with van der Waals surface area (Å²) in [7, 11) is 0. The van der Waals surface area contributed by atoms with Crippen molar-refractivity contribution in [3.63, 3.8) is 0 Å². The standard InChI is InChI=1S/C16H24N2O3S/c1-2-12(15-6-4-10-22-15)17-16(19)18-7-9-21-14(11-18)13-5-3-8-20-13/h4,6,10,12-14H,2-3,5,7-9,11H2,1H3,(H,17,19)/t12-,13-,14-/m0/s1. The number of carbonyl (C=O) groups excluding carboxylic acids is 1. The molecule has 3 rings (SSSR count). The van der Waals surface area contributed by atoms with E-state index in [1.165, 1.54) is 4.88 Å². The zero-order valence-electron chi connectivity index (χ0n) is 13.0. The Morgan fingerprint density at radius 2 is 2.32 bits per heavy atom. The lowest BCUT2D eigenvalue weighted by molar-refractivity contribution is -0.0850. The number of morpholine rings is 1. The van der Waals surface area contributed by atoms with Gasteiger partial charge < -0.3 is 19.7 Å². The van der Waals surface area contributed by atoms with Crippen LogP contribution < -0.4 is 5.32 Å². The Labute approximate surface area is 135 Å². The number of hydrogen-bond acceptors (Lipinski definition) is 4. The second kappa shape index (κ2) is 7.44. The number of ether oxygens (including phenoxy) is 2. The Balaban J connectivity index is 1.56. The molecule has 0 bridgehead atoms. The van der Waals surface area contributed by atoms with Gasteiger partial charge in [-0.15, -0.1) is 11.3 Å². The average molecular weight is 324 g/mol. The Hall–Kier alpha value is -1.11. The maximum Gasteiger partial charge on any atom is 0.318 e. The average Bonchev–Trinajstić information content (AvgIpc) is 3.25. The third-order valence-corrected chi connectivity index (χ3v) is 5.34. The normalized spacial score (nSPS) is 26.9. The van der Waals surface area contributed by atoms with Crippen molar-refractivity contribution in [2.24, 2.45) is 0 Å². The Morgan fingerprint density at radius 3 is 3.00 bits per heavy atom. The van der Waals surface area contributed by atoms with Crippen LogP contribution in [-0.2, 0) is 9.47 Å². The van der Waals surface area contributed by atoms with Crippen molar-refractivity contribution in [2.45, 2.75) is 44.4 Å². The van der Waals surface area contributed by atoms with Crippen molar-refractivity contribution < 1.29 is 14.3 Å². The van der Waals surface area contributed by atoms with Crippen molar-refractivity contribution in [2.75, 3.05) is 26.3 Å². The van der Waals surface area contributed by atoms with Gasteiger partial charge in [-0.2, -0.15) is 0 Å². The molecule has 0 aliphatic carbocycles. The Kier molecular flexibility index (Phi) is 5.33. The van der Waals surface area contributed by atoms with Crippen molar-refractivity contribution in [1.29, 1.82) is 0 Å². The number of nitrogens with one attached hydrogen (secondary N) is 1. The van der Waals surface area contributed by atoms with E-state index in [1.807, 2.05) is 16.3 Å². The number of hydrogen-bond donors (Lipinski definition) is 1. The summed E-state index contributed by atoms with van der Waals surface area (Å²) < 4.78 is 11.5. The van der Waals surface area contributed by atoms with Crippen LogP contribution in [-0.4, -0.2) is 49.4 Å². The third kappa shape index (κ3) is 3.62. The van der Waals surface area contributed by atoms with Crippen molar-refractivity contribution in [1.82, 2.24) is 10.2 Å². The lowest BCUT2D eigenvalue weighted by Crippen LogP contribution is -2.53. The van der Waals surface area contributed by atoms with E-state index in [-0.39, 0.29) is 24.3 Å². The monoisotopic (exact) mass is 324 g/mol. The van der Waals surface area contributed by atoms with Gasteiger partial charge in [-0.3, -0.25) is 0 Å². The number of urea groups is 1. The minimum absolute atomic E-state index is 0.00606.